The Balaban J connectivity index is 0.000000297. The number of hydrogen-bond donors (Lipinski definition) is 0. The van der Waals surface area contributed by atoms with E-state index >= 15 is 0 Å². The Labute approximate surface area is 305 Å². The highest BCUT2D eigenvalue weighted by atomic mass is 79.9. The second-order valence-corrected chi connectivity index (χ2v) is 15.2. The largest absolute Gasteiger partial charge is 0.466 e. The molecule has 0 amide bonds. The van der Waals surface area contributed by atoms with Gasteiger partial charge < -0.3 is 9.47 Å². The molecule has 0 radical (unpaired) electrons. The van der Waals surface area contributed by atoms with Crippen LogP contribution in [0.5, 0.6) is 0 Å². The first-order valence-electron chi connectivity index (χ1n) is 13.9. The summed E-state index contributed by atoms with van der Waals surface area (Å²) in [6, 6.07) is 26.0. The van der Waals surface area contributed by atoms with Crippen LogP contribution in [-0.2, 0) is 39.1 Å². The molecule has 0 spiro atoms. The lowest BCUT2D eigenvalue weighted by atomic mass is 10.2. The highest BCUT2D eigenvalue weighted by molar-refractivity contribution is 9.10. The van der Waals surface area contributed by atoms with Crippen molar-refractivity contribution in [2.45, 2.75) is 9.79 Å². The summed E-state index contributed by atoms with van der Waals surface area (Å²) in [6.45, 7) is 3.16. The van der Waals surface area contributed by atoms with Crippen LogP contribution in [0, 0.1) is 0 Å². The molecule has 0 aliphatic heterocycles. The number of benzene rings is 4. The van der Waals surface area contributed by atoms with Crippen molar-refractivity contribution in [2.24, 2.45) is 0 Å². The molecule has 15 heteroatoms. The fourth-order valence-corrected chi connectivity index (χ4v) is 6.91. The Hall–Kier alpha value is -4.14. The van der Waals surface area contributed by atoms with Crippen LogP contribution in [0.2, 0.25) is 10.0 Å². The fourth-order valence-electron chi connectivity index (χ4n) is 3.62. The van der Waals surface area contributed by atoms with Gasteiger partial charge in [-0.1, -0.05) is 63.9 Å². The summed E-state index contributed by atoms with van der Waals surface area (Å²) in [7, 11) is -1.74. The van der Waals surface area contributed by atoms with Gasteiger partial charge in [0, 0.05) is 40.8 Å². The van der Waals surface area contributed by atoms with Crippen LogP contribution < -0.4 is 8.61 Å². The lowest BCUT2D eigenvalue weighted by molar-refractivity contribution is -0.135. The first kappa shape index (κ1) is 41.0. The van der Waals surface area contributed by atoms with Crippen molar-refractivity contribution in [3.05, 3.63) is 136 Å². The van der Waals surface area contributed by atoms with Crippen LogP contribution in [-0.4, -0.2) is 57.1 Å². The van der Waals surface area contributed by atoms with Gasteiger partial charge >= 0.3 is 11.9 Å². The molecular formula is C34H33BrCl2N2O8S2. The number of nitrogens with zero attached hydrogens (tertiary/aromatic N) is 2. The normalized spacial score (nSPS) is 10.8. The average molecular weight is 813 g/mol. The molecule has 0 atom stereocenters. The van der Waals surface area contributed by atoms with E-state index in [1.807, 2.05) is 0 Å². The topological polar surface area (TPSA) is 127 Å². The number of halogens is 3. The molecule has 10 nitrogen and oxygen atoms in total. The number of sulfonamides is 2. The van der Waals surface area contributed by atoms with Gasteiger partial charge in [-0.3, -0.25) is 8.61 Å². The Kier molecular flexibility index (Phi) is 16.0. The molecule has 4 aromatic carbocycles. The molecule has 4 rings (SSSR count). The summed E-state index contributed by atoms with van der Waals surface area (Å²) in [5.74, 6) is -0.906. The first-order valence-corrected chi connectivity index (χ1v) is 18.3. The van der Waals surface area contributed by atoms with Crippen molar-refractivity contribution in [1.82, 2.24) is 0 Å². The molecule has 0 aliphatic carbocycles. The summed E-state index contributed by atoms with van der Waals surface area (Å²) in [6.07, 6.45) is 3.84. The minimum Gasteiger partial charge on any atom is -0.466 e. The zero-order valence-electron chi connectivity index (χ0n) is 26.8. The van der Waals surface area contributed by atoms with E-state index in [1.54, 1.807) is 84.9 Å². The predicted molar refractivity (Wildman–Crippen MR) is 198 cm³/mol. The number of rotatable bonds is 9. The van der Waals surface area contributed by atoms with Crippen LogP contribution in [0.25, 0.3) is 6.08 Å². The molecule has 0 bridgehead atoms. The fraction of sp³-hybridized carbons (Fsp3) is 0.118. The molecule has 0 N–H and O–H groups in total. The number of hydrogen-bond acceptors (Lipinski definition) is 8. The van der Waals surface area contributed by atoms with E-state index < -0.39 is 32.0 Å². The second kappa shape index (κ2) is 19.2. The standard InChI is InChI=1S/C17H16ClNO4S.C13H11BrClNO2S.C4H6O2/c1-19(15-9-7-14(18)8-10-15)24(21,22)16-5-3-4-13(12-16)6-11-17(20)23-2;1-16(12-7-5-11(15)6-8-12)19(17,18)13-4-2-3-10(14)9-13;1-3-4(5)6-2/h3-12H,1-2H3;2-9H,1H3;3H,1H2,2H3/b11-6+;;. The lowest BCUT2D eigenvalue weighted by Crippen LogP contribution is -2.26. The van der Waals surface area contributed by atoms with E-state index in [4.69, 9.17) is 23.2 Å². The molecule has 4 aromatic rings. The molecular weight excluding hydrogens is 779 g/mol. The zero-order chi connectivity index (χ0) is 36.8. The van der Waals surface area contributed by atoms with E-state index in [0.717, 1.165) is 10.5 Å². The van der Waals surface area contributed by atoms with Gasteiger partial charge in [-0.05, 0) is 90.5 Å². The average Bonchev–Trinajstić information content (AvgIpc) is 3.10. The van der Waals surface area contributed by atoms with Crippen molar-refractivity contribution in [3.8, 4) is 0 Å². The Morgan fingerprint density at radius 1 is 0.694 bits per heavy atom. The maximum Gasteiger partial charge on any atom is 0.330 e. The molecule has 260 valence electrons. The van der Waals surface area contributed by atoms with E-state index in [9.17, 15) is 26.4 Å². The lowest BCUT2D eigenvalue weighted by Gasteiger charge is -2.19. The molecule has 0 heterocycles. The molecule has 0 aromatic heterocycles. The van der Waals surface area contributed by atoms with Gasteiger partial charge in [0.15, 0.2) is 0 Å². The van der Waals surface area contributed by atoms with Crippen molar-refractivity contribution in [1.29, 1.82) is 0 Å². The SMILES string of the molecule is C=CC(=O)OC.CN(c1ccc(Cl)cc1)S(=O)(=O)c1cccc(Br)c1.COC(=O)/C=C/c1cccc(S(=O)(=O)N(C)c2ccc(Cl)cc2)c1. The van der Waals surface area contributed by atoms with Crippen LogP contribution >= 0.6 is 39.1 Å². The van der Waals surface area contributed by atoms with Crippen LogP contribution in [0.15, 0.2) is 130 Å². The molecule has 49 heavy (non-hydrogen) atoms. The Morgan fingerprint density at radius 2 is 1.12 bits per heavy atom. The number of carbonyl (C=O) groups is 2. The van der Waals surface area contributed by atoms with Gasteiger partial charge in [-0.15, -0.1) is 0 Å². The van der Waals surface area contributed by atoms with Crippen molar-refractivity contribution in [3.63, 3.8) is 0 Å². The van der Waals surface area contributed by atoms with E-state index in [2.05, 4.69) is 32.0 Å². The first-order chi connectivity index (χ1) is 23.1. The third-order valence-corrected chi connectivity index (χ3v) is 10.9. The number of carbonyl (C=O) groups excluding carboxylic acids is 2. The van der Waals surface area contributed by atoms with Gasteiger partial charge in [0.05, 0.1) is 35.4 Å². The number of esters is 2. The summed E-state index contributed by atoms with van der Waals surface area (Å²) < 4.78 is 62.1. The van der Waals surface area contributed by atoms with Crippen molar-refractivity contribution in [2.75, 3.05) is 36.9 Å². The van der Waals surface area contributed by atoms with Gasteiger partial charge in [0.2, 0.25) is 0 Å². The quantitative estimate of drug-likeness (QED) is 0.125. The minimum atomic E-state index is -3.73. The number of anilines is 2. The maximum absolute atomic E-state index is 12.7. The van der Waals surface area contributed by atoms with Crippen LogP contribution in [0.1, 0.15) is 5.56 Å². The van der Waals surface area contributed by atoms with Crippen LogP contribution in [0.3, 0.4) is 0 Å². The van der Waals surface area contributed by atoms with Crippen molar-refractivity contribution < 1.29 is 35.9 Å². The highest BCUT2D eigenvalue weighted by Gasteiger charge is 2.22. The van der Waals surface area contributed by atoms with Gasteiger partial charge in [-0.2, -0.15) is 0 Å². The monoisotopic (exact) mass is 810 g/mol. The molecule has 0 aliphatic rings. The van der Waals surface area contributed by atoms with E-state index in [0.29, 0.717) is 27.0 Å². The summed E-state index contributed by atoms with van der Waals surface area (Å²) >= 11 is 14.9. The van der Waals surface area contributed by atoms with Gasteiger partial charge in [0.1, 0.15) is 0 Å². The minimum absolute atomic E-state index is 0.118. The number of methoxy groups -OCH3 is 2. The summed E-state index contributed by atoms with van der Waals surface area (Å²) in [5, 5.41) is 1.09. The number of ether oxygens (including phenoxy) is 2. The second-order valence-electron chi connectivity index (χ2n) is 9.51. The third kappa shape index (κ3) is 12.4. The van der Waals surface area contributed by atoms with Gasteiger partial charge in [-0.25, -0.2) is 26.4 Å². The third-order valence-electron chi connectivity index (χ3n) is 6.33. The molecule has 0 saturated heterocycles. The van der Waals surface area contributed by atoms with Crippen LogP contribution in [0.4, 0.5) is 11.4 Å². The molecule has 0 fully saturated rings. The Bertz CT molecular complexity index is 1990. The Morgan fingerprint density at radius 3 is 1.51 bits per heavy atom. The van der Waals surface area contributed by atoms with E-state index in [1.165, 1.54) is 61.2 Å². The molecule has 0 saturated carbocycles. The van der Waals surface area contributed by atoms with Gasteiger partial charge in [0.25, 0.3) is 20.0 Å². The van der Waals surface area contributed by atoms with Crippen molar-refractivity contribution >= 4 is 88.6 Å². The highest BCUT2D eigenvalue weighted by Crippen LogP contribution is 2.26. The smallest absolute Gasteiger partial charge is 0.330 e. The zero-order valence-corrected chi connectivity index (χ0v) is 31.5. The summed E-state index contributed by atoms with van der Waals surface area (Å²) in [5.41, 5.74) is 1.63. The summed E-state index contributed by atoms with van der Waals surface area (Å²) in [4.78, 5) is 21.3. The van der Waals surface area contributed by atoms with E-state index in [-0.39, 0.29) is 9.79 Å². The predicted octanol–water partition coefficient (Wildman–Crippen LogP) is 7.62. The maximum atomic E-state index is 12.7. The molecule has 0 unspecified atom stereocenters.